The number of carboxylic acid groups (broad SMARTS) is 1. The maximum Gasteiger partial charge on any atom is 0.407 e. The third-order valence-electron chi connectivity index (χ3n) is 4.19. The Hall–Kier alpha value is -2.77. The van der Waals surface area contributed by atoms with Gasteiger partial charge in [-0.25, -0.2) is 9.59 Å². The van der Waals surface area contributed by atoms with E-state index in [4.69, 9.17) is 9.47 Å². The number of likely N-dealkylation sites (tertiary alicyclic amines) is 1. The fraction of sp³-hybridized carbons (Fsp3) is 0.550. The summed E-state index contributed by atoms with van der Waals surface area (Å²) in [6.45, 7) is 8.46. The van der Waals surface area contributed by atoms with E-state index in [2.05, 4.69) is 5.32 Å². The van der Waals surface area contributed by atoms with Crippen LogP contribution >= 0.6 is 0 Å². The Labute approximate surface area is 164 Å². The molecular weight excluding hydrogens is 364 g/mol. The summed E-state index contributed by atoms with van der Waals surface area (Å²) in [6, 6.07) is 4.52. The second-order valence-electron chi connectivity index (χ2n) is 7.72. The van der Waals surface area contributed by atoms with Crippen molar-refractivity contribution in [2.45, 2.75) is 52.2 Å². The quantitative estimate of drug-likeness (QED) is 0.770. The van der Waals surface area contributed by atoms with Gasteiger partial charge in [-0.15, -0.1) is 0 Å². The molecule has 2 N–H and O–H groups in total. The number of alkyl carbamates (subject to hydrolysis) is 1. The van der Waals surface area contributed by atoms with Gasteiger partial charge in [-0.3, -0.25) is 4.79 Å². The highest BCUT2D eigenvalue weighted by Gasteiger charge is 2.29. The molecule has 0 aromatic heterocycles. The standard InChI is InChI=1S/C20H28N2O6/c1-5-27-16-10-13(6-7-15(16)18(24)25)11-17(23)22-9-8-14(12-22)21-19(26)28-20(2,3)4/h6-7,10,14H,5,8-9,11-12H2,1-4H3,(H,21,26)(H,24,25)/t14-/m1/s1. The molecule has 1 aromatic carbocycles. The summed E-state index contributed by atoms with van der Waals surface area (Å²) in [4.78, 5) is 37.4. The van der Waals surface area contributed by atoms with Gasteiger partial charge in [-0.05, 0) is 51.8 Å². The Morgan fingerprint density at radius 3 is 2.61 bits per heavy atom. The summed E-state index contributed by atoms with van der Waals surface area (Å²) in [5.74, 6) is -0.901. The SMILES string of the molecule is CCOc1cc(CC(=O)N2CC[C@@H](NC(=O)OC(C)(C)C)C2)ccc1C(=O)O. The fourth-order valence-corrected chi connectivity index (χ4v) is 2.99. The number of hydrogen-bond acceptors (Lipinski definition) is 5. The van der Waals surface area contributed by atoms with E-state index >= 15 is 0 Å². The average Bonchev–Trinajstić information content (AvgIpc) is 3.01. The average molecular weight is 392 g/mol. The number of amides is 2. The zero-order chi connectivity index (χ0) is 20.9. The van der Waals surface area contributed by atoms with Crippen molar-refractivity contribution in [1.29, 1.82) is 0 Å². The zero-order valence-corrected chi connectivity index (χ0v) is 16.8. The van der Waals surface area contributed by atoms with Crippen LogP contribution in [0.25, 0.3) is 0 Å². The first-order chi connectivity index (χ1) is 13.1. The maximum atomic E-state index is 12.6. The number of carbonyl (C=O) groups excluding carboxylic acids is 2. The molecule has 0 unspecified atom stereocenters. The molecule has 8 nitrogen and oxygen atoms in total. The van der Waals surface area contributed by atoms with Crippen molar-refractivity contribution in [2.75, 3.05) is 19.7 Å². The van der Waals surface area contributed by atoms with Gasteiger partial charge in [0, 0.05) is 13.1 Å². The van der Waals surface area contributed by atoms with E-state index in [9.17, 15) is 19.5 Å². The maximum absolute atomic E-state index is 12.6. The van der Waals surface area contributed by atoms with Crippen LogP contribution in [0, 0.1) is 0 Å². The molecule has 2 rings (SSSR count). The Morgan fingerprint density at radius 1 is 1.29 bits per heavy atom. The Kier molecular flexibility index (Phi) is 6.88. The third kappa shape index (κ3) is 6.14. The summed E-state index contributed by atoms with van der Waals surface area (Å²) < 4.78 is 10.6. The number of nitrogens with zero attached hydrogens (tertiary/aromatic N) is 1. The highest BCUT2D eigenvalue weighted by Crippen LogP contribution is 2.22. The van der Waals surface area contributed by atoms with Gasteiger partial charge >= 0.3 is 12.1 Å². The van der Waals surface area contributed by atoms with Crippen LogP contribution in [0.4, 0.5) is 4.79 Å². The van der Waals surface area contributed by atoms with Gasteiger partial charge in [0.1, 0.15) is 16.9 Å². The monoisotopic (exact) mass is 392 g/mol. The molecule has 0 spiro atoms. The zero-order valence-electron chi connectivity index (χ0n) is 16.8. The van der Waals surface area contributed by atoms with Crippen molar-refractivity contribution in [3.8, 4) is 5.75 Å². The minimum atomic E-state index is -1.07. The lowest BCUT2D eigenvalue weighted by molar-refractivity contribution is -0.129. The smallest absolute Gasteiger partial charge is 0.407 e. The van der Waals surface area contributed by atoms with Crippen LogP contribution in [0.3, 0.4) is 0 Å². The number of ether oxygens (including phenoxy) is 2. The molecule has 0 bridgehead atoms. The van der Waals surface area contributed by atoms with Crippen molar-refractivity contribution in [1.82, 2.24) is 10.2 Å². The van der Waals surface area contributed by atoms with Gasteiger partial charge in [0.15, 0.2) is 0 Å². The van der Waals surface area contributed by atoms with Gasteiger partial charge in [-0.1, -0.05) is 6.07 Å². The molecule has 1 atom stereocenters. The molecule has 0 radical (unpaired) electrons. The number of nitrogens with one attached hydrogen (secondary N) is 1. The van der Waals surface area contributed by atoms with Gasteiger partial charge < -0.3 is 24.8 Å². The lowest BCUT2D eigenvalue weighted by Gasteiger charge is -2.22. The highest BCUT2D eigenvalue weighted by atomic mass is 16.6. The largest absolute Gasteiger partial charge is 0.493 e. The Balaban J connectivity index is 1.94. The molecule has 0 saturated carbocycles. The van der Waals surface area contributed by atoms with Crippen LogP contribution in [-0.2, 0) is 16.0 Å². The number of carboxylic acids is 1. The molecule has 154 valence electrons. The molecule has 1 aromatic rings. The summed E-state index contributed by atoms with van der Waals surface area (Å²) in [6.07, 6.45) is 0.309. The Morgan fingerprint density at radius 2 is 2.00 bits per heavy atom. The van der Waals surface area contributed by atoms with Gasteiger partial charge in [0.2, 0.25) is 5.91 Å². The molecule has 1 fully saturated rings. The first-order valence-electron chi connectivity index (χ1n) is 9.35. The van der Waals surface area contributed by atoms with E-state index in [0.29, 0.717) is 31.7 Å². The first-order valence-corrected chi connectivity index (χ1v) is 9.35. The second kappa shape index (κ2) is 8.95. The molecule has 28 heavy (non-hydrogen) atoms. The van der Waals surface area contributed by atoms with E-state index in [-0.39, 0.29) is 29.7 Å². The van der Waals surface area contributed by atoms with Crippen molar-refractivity contribution >= 4 is 18.0 Å². The van der Waals surface area contributed by atoms with Crippen molar-refractivity contribution in [2.24, 2.45) is 0 Å². The van der Waals surface area contributed by atoms with Gasteiger partial charge in [-0.2, -0.15) is 0 Å². The van der Waals surface area contributed by atoms with Crippen LogP contribution in [0.5, 0.6) is 5.75 Å². The number of benzene rings is 1. The molecule has 1 heterocycles. The lowest BCUT2D eigenvalue weighted by Crippen LogP contribution is -2.41. The summed E-state index contributed by atoms with van der Waals surface area (Å²) in [5.41, 5.74) is 0.182. The van der Waals surface area contributed by atoms with E-state index in [1.54, 1.807) is 44.7 Å². The van der Waals surface area contributed by atoms with Crippen LogP contribution in [0.15, 0.2) is 18.2 Å². The van der Waals surface area contributed by atoms with Gasteiger partial charge in [0.25, 0.3) is 0 Å². The summed E-state index contributed by atoms with van der Waals surface area (Å²) in [7, 11) is 0. The molecule has 1 aliphatic heterocycles. The van der Waals surface area contributed by atoms with E-state index in [0.717, 1.165) is 0 Å². The molecule has 0 aliphatic carbocycles. The molecule has 8 heteroatoms. The predicted octanol–water partition coefficient (Wildman–Crippen LogP) is 2.45. The Bertz CT molecular complexity index is 741. The number of hydrogen-bond donors (Lipinski definition) is 2. The van der Waals surface area contributed by atoms with Crippen LogP contribution in [0.2, 0.25) is 0 Å². The third-order valence-corrected chi connectivity index (χ3v) is 4.19. The topological polar surface area (TPSA) is 105 Å². The van der Waals surface area contributed by atoms with E-state index in [1.165, 1.54) is 6.07 Å². The van der Waals surface area contributed by atoms with E-state index in [1.807, 2.05) is 0 Å². The minimum Gasteiger partial charge on any atom is -0.493 e. The molecule has 2 amide bonds. The molecule has 1 aliphatic rings. The number of rotatable bonds is 6. The first kappa shape index (κ1) is 21.5. The predicted molar refractivity (Wildman–Crippen MR) is 103 cm³/mol. The van der Waals surface area contributed by atoms with Crippen molar-refractivity contribution in [3.63, 3.8) is 0 Å². The minimum absolute atomic E-state index is 0.0702. The molecular formula is C20H28N2O6. The van der Waals surface area contributed by atoms with Crippen molar-refractivity contribution in [3.05, 3.63) is 29.3 Å². The fourth-order valence-electron chi connectivity index (χ4n) is 2.99. The van der Waals surface area contributed by atoms with E-state index < -0.39 is 17.7 Å². The number of aromatic carboxylic acids is 1. The van der Waals surface area contributed by atoms with Gasteiger partial charge in [0.05, 0.1) is 19.1 Å². The second-order valence-corrected chi connectivity index (χ2v) is 7.72. The summed E-state index contributed by atoms with van der Waals surface area (Å²) >= 11 is 0. The van der Waals surface area contributed by atoms with Crippen molar-refractivity contribution < 1.29 is 29.0 Å². The van der Waals surface area contributed by atoms with Crippen LogP contribution < -0.4 is 10.1 Å². The molecule has 1 saturated heterocycles. The lowest BCUT2D eigenvalue weighted by atomic mass is 10.1. The number of carbonyl (C=O) groups is 3. The highest BCUT2D eigenvalue weighted by molar-refractivity contribution is 5.91. The summed E-state index contributed by atoms with van der Waals surface area (Å²) in [5, 5.41) is 12.0. The normalized spacial score (nSPS) is 16.6. The van der Waals surface area contributed by atoms with Crippen LogP contribution in [0.1, 0.15) is 50.0 Å². The van der Waals surface area contributed by atoms with Crippen LogP contribution in [-0.4, -0.2) is 59.3 Å².